The summed E-state index contributed by atoms with van der Waals surface area (Å²) in [5, 5.41) is 11.9. The molecule has 0 bridgehead atoms. The van der Waals surface area contributed by atoms with E-state index in [9.17, 15) is 9.59 Å². The third kappa shape index (κ3) is 4.14. The van der Waals surface area contributed by atoms with Crippen LogP contribution in [-0.2, 0) is 17.8 Å². The molecule has 3 rings (SSSR count). The molecule has 0 radical (unpaired) electrons. The molecule has 7 heteroatoms. The number of halogens is 1. The van der Waals surface area contributed by atoms with Crippen molar-refractivity contribution < 1.29 is 19.4 Å². The first kappa shape index (κ1) is 18.6. The highest BCUT2D eigenvalue weighted by Crippen LogP contribution is 2.33. The fourth-order valence-electron chi connectivity index (χ4n) is 2.75. The maximum atomic E-state index is 12.6. The van der Waals surface area contributed by atoms with Gasteiger partial charge in [0.05, 0.1) is 12.2 Å². The number of carboxylic acid groups (broad SMARTS) is 1. The van der Waals surface area contributed by atoms with Crippen molar-refractivity contribution in [3.05, 3.63) is 58.1 Å². The summed E-state index contributed by atoms with van der Waals surface area (Å²) in [6.07, 6.45) is 0.809. The summed E-state index contributed by atoms with van der Waals surface area (Å²) in [6, 6.07) is 10.6. The minimum absolute atomic E-state index is 0.266. The van der Waals surface area contributed by atoms with Gasteiger partial charge in [0.1, 0.15) is 11.0 Å². The van der Waals surface area contributed by atoms with Gasteiger partial charge in [-0.1, -0.05) is 23.7 Å². The predicted octanol–water partition coefficient (Wildman–Crippen LogP) is 3.77. The van der Waals surface area contributed by atoms with Gasteiger partial charge in [0.2, 0.25) is 0 Å². The smallest absolute Gasteiger partial charge is 0.316 e. The van der Waals surface area contributed by atoms with E-state index in [1.807, 2.05) is 6.07 Å². The maximum Gasteiger partial charge on any atom is 0.316 e. The Morgan fingerprint density at radius 1 is 1.35 bits per heavy atom. The topological polar surface area (TPSA) is 75.6 Å². The monoisotopic (exact) mass is 391 g/mol. The van der Waals surface area contributed by atoms with Gasteiger partial charge in [0.15, 0.2) is 0 Å². The molecule has 2 aromatic rings. The average molecular weight is 392 g/mol. The zero-order valence-corrected chi connectivity index (χ0v) is 15.7. The molecule has 1 aliphatic heterocycles. The largest absolute Gasteiger partial charge is 0.493 e. The minimum atomic E-state index is -0.920. The van der Waals surface area contributed by atoms with Crippen LogP contribution in [0.15, 0.2) is 41.3 Å². The molecule has 2 N–H and O–H groups in total. The molecule has 0 aliphatic carbocycles. The number of carboxylic acids is 1. The Morgan fingerprint density at radius 2 is 2.12 bits per heavy atom. The summed E-state index contributed by atoms with van der Waals surface area (Å²) in [4.78, 5) is 24.3. The number of fused-ring (bicyclic) bond motifs is 1. The summed E-state index contributed by atoms with van der Waals surface area (Å²) < 4.78 is 5.65. The molecular formula is C19H18ClNO4S. The van der Waals surface area contributed by atoms with Crippen molar-refractivity contribution in [2.75, 3.05) is 6.61 Å². The summed E-state index contributed by atoms with van der Waals surface area (Å²) in [6.45, 7) is 2.49. The molecule has 0 fully saturated rings. The van der Waals surface area contributed by atoms with Gasteiger partial charge in [-0.25, -0.2) is 0 Å². The fraction of sp³-hybridized carbons (Fsp3) is 0.263. The summed E-state index contributed by atoms with van der Waals surface area (Å²) in [7, 11) is 0. The van der Waals surface area contributed by atoms with Crippen LogP contribution in [0.2, 0.25) is 5.02 Å². The van der Waals surface area contributed by atoms with Crippen LogP contribution in [0.3, 0.4) is 0 Å². The third-order valence-corrected chi connectivity index (χ3v) is 5.43. The molecule has 0 aromatic heterocycles. The number of hydrogen-bond donors (Lipinski definition) is 2. The number of rotatable bonds is 6. The Balaban J connectivity index is 1.75. The van der Waals surface area contributed by atoms with Crippen molar-refractivity contribution in [2.24, 2.45) is 0 Å². The molecule has 1 aliphatic rings. The number of carbonyl (C=O) groups excluding carboxylic acids is 1. The van der Waals surface area contributed by atoms with E-state index in [2.05, 4.69) is 5.32 Å². The number of hydrogen-bond acceptors (Lipinski definition) is 4. The quantitative estimate of drug-likeness (QED) is 0.733. The average Bonchev–Trinajstić information content (AvgIpc) is 3.08. The van der Waals surface area contributed by atoms with Gasteiger partial charge in [-0.05, 0) is 36.8 Å². The van der Waals surface area contributed by atoms with Crippen LogP contribution in [0.25, 0.3) is 0 Å². The first-order valence-corrected chi connectivity index (χ1v) is 9.42. The highest BCUT2D eigenvalue weighted by molar-refractivity contribution is 8.00. The lowest BCUT2D eigenvalue weighted by Gasteiger charge is -2.13. The molecule has 0 spiro atoms. The second-order valence-electron chi connectivity index (χ2n) is 5.93. The number of benzene rings is 2. The molecule has 1 unspecified atom stereocenters. The van der Waals surface area contributed by atoms with E-state index < -0.39 is 11.2 Å². The Labute approximate surface area is 160 Å². The van der Waals surface area contributed by atoms with E-state index in [0.29, 0.717) is 22.1 Å². The fourth-order valence-corrected chi connectivity index (χ4v) is 3.94. The van der Waals surface area contributed by atoms with Gasteiger partial charge in [-0.2, -0.15) is 0 Å². The van der Waals surface area contributed by atoms with Crippen molar-refractivity contribution in [1.29, 1.82) is 0 Å². The summed E-state index contributed by atoms with van der Waals surface area (Å²) in [5.41, 5.74) is 2.33. The number of thioether (sulfide) groups is 1. The molecule has 0 saturated carbocycles. The highest BCUT2D eigenvalue weighted by atomic mass is 35.5. The van der Waals surface area contributed by atoms with Crippen molar-refractivity contribution in [2.45, 2.75) is 30.0 Å². The van der Waals surface area contributed by atoms with Crippen LogP contribution >= 0.6 is 23.4 Å². The zero-order valence-electron chi connectivity index (χ0n) is 14.1. The van der Waals surface area contributed by atoms with Crippen LogP contribution in [0, 0.1) is 0 Å². The van der Waals surface area contributed by atoms with Crippen molar-refractivity contribution in [3.63, 3.8) is 0 Å². The predicted molar refractivity (Wildman–Crippen MR) is 101 cm³/mol. The SMILES string of the molecule is CC(Sc1ccccc1C(=O)NCc1cc(Cl)cc2c1OCC2)C(=O)O. The highest BCUT2D eigenvalue weighted by Gasteiger charge is 2.20. The van der Waals surface area contributed by atoms with Crippen LogP contribution < -0.4 is 10.1 Å². The van der Waals surface area contributed by atoms with E-state index in [4.69, 9.17) is 21.4 Å². The Bertz CT molecular complexity index is 855. The van der Waals surface area contributed by atoms with Crippen molar-refractivity contribution >= 4 is 35.2 Å². The van der Waals surface area contributed by atoms with E-state index in [-0.39, 0.29) is 12.5 Å². The first-order chi connectivity index (χ1) is 12.5. The van der Waals surface area contributed by atoms with Crippen LogP contribution in [0.4, 0.5) is 0 Å². The molecule has 2 aromatic carbocycles. The van der Waals surface area contributed by atoms with Gasteiger partial charge >= 0.3 is 5.97 Å². The lowest BCUT2D eigenvalue weighted by molar-refractivity contribution is -0.136. The molecule has 26 heavy (non-hydrogen) atoms. The first-order valence-electron chi connectivity index (χ1n) is 8.16. The Hall–Kier alpha value is -2.18. The van der Waals surface area contributed by atoms with Gasteiger partial charge in [-0.3, -0.25) is 9.59 Å². The number of carbonyl (C=O) groups is 2. The second-order valence-corrected chi connectivity index (χ2v) is 7.75. The normalized spacial score (nSPS) is 13.6. The molecule has 0 saturated heterocycles. The van der Waals surface area contributed by atoms with E-state index in [0.717, 1.165) is 35.1 Å². The zero-order chi connectivity index (χ0) is 18.7. The lowest BCUT2D eigenvalue weighted by atomic mass is 10.1. The number of ether oxygens (including phenoxy) is 1. The summed E-state index contributed by atoms with van der Waals surface area (Å²) in [5.74, 6) is -0.397. The molecule has 1 heterocycles. The van der Waals surface area contributed by atoms with Gasteiger partial charge in [-0.15, -0.1) is 11.8 Å². The Kier molecular flexibility index (Phi) is 5.74. The standard InChI is InChI=1S/C19H18ClNO4S/c1-11(19(23)24)26-16-5-3-2-4-15(16)18(22)21-10-13-9-14(20)8-12-6-7-25-17(12)13/h2-5,8-9,11H,6-7,10H2,1H3,(H,21,22)(H,23,24). The number of amides is 1. The van der Waals surface area contributed by atoms with Gasteiger partial charge in [0.25, 0.3) is 5.91 Å². The van der Waals surface area contributed by atoms with Crippen LogP contribution in [0.5, 0.6) is 5.75 Å². The van der Waals surface area contributed by atoms with Crippen LogP contribution in [-0.4, -0.2) is 28.8 Å². The van der Waals surface area contributed by atoms with Gasteiger partial charge < -0.3 is 15.2 Å². The molecule has 136 valence electrons. The Morgan fingerprint density at radius 3 is 2.88 bits per heavy atom. The van der Waals surface area contributed by atoms with E-state index in [1.54, 1.807) is 37.3 Å². The lowest BCUT2D eigenvalue weighted by Crippen LogP contribution is -2.24. The third-order valence-electron chi connectivity index (χ3n) is 4.05. The number of aliphatic carboxylic acids is 1. The van der Waals surface area contributed by atoms with Gasteiger partial charge in [0, 0.05) is 28.4 Å². The minimum Gasteiger partial charge on any atom is -0.493 e. The van der Waals surface area contributed by atoms with Crippen molar-refractivity contribution in [1.82, 2.24) is 5.32 Å². The molecule has 5 nitrogen and oxygen atoms in total. The molecular weight excluding hydrogens is 374 g/mol. The maximum absolute atomic E-state index is 12.6. The number of nitrogens with one attached hydrogen (secondary N) is 1. The van der Waals surface area contributed by atoms with E-state index >= 15 is 0 Å². The second kappa shape index (κ2) is 8.01. The summed E-state index contributed by atoms with van der Waals surface area (Å²) >= 11 is 7.29. The van der Waals surface area contributed by atoms with E-state index in [1.165, 1.54) is 0 Å². The molecule has 1 amide bonds. The van der Waals surface area contributed by atoms with Crippen molar-refractivity contribution in [3.8, 4) is 5.75 Å². The molecule has 1 atom stereocenters. The van der Waals surface area contributed by atoms with Crippen LogP contribution in [0.1, 0.15) is 28.4 Å².